The van der Waals surface area contributed by atoms with Crippen molar-refractivity contribution in [1.29, 1.82) is 0 Å². The maximum atomic E-state index is 11.9. The number of carbonyl (C=O) groups is 1. The van der Waals surface area contributed by atoms with Crippen molar-refractivity contribution in [3.05, 3.63) is 22.4 Å². The molecule has 84 valence electrons. The Labute approximate surface area is 89.3 Å². The molecule has 0 bridgehead atoms. The number of halogens is 3. The molecule has 0 aromatic carbocycles. The van der Waals surface area contributed by atoms with Crippen LogP contribution in [0.15, 0.2) is 17.5 Å². The highest BCUT2D eigenvalue weighted by Gasteiger charge is 2.28. The van der Waals surface area contributed by atoms with E-state index < -0.39 is 12.6 Å². The summed E-state index contributed by atoms with van der Waals surface area (Å²) in [5, 5.41) is 1.71. The van der Waals surface area contributed by atoms with Crippen LogP contribution in [0.1, 0.15) is 16.1 Å². The molecule has 0 aliphatic heterocycles. The van der Waals surface area contributed by atoms with Gasteiger partial charge in [0, 0.05) is 13.6 Å². The lowest BCUT2D eigenvalue weighted by molar-refractivity contribution is -0.136. The highest BCUT2D eigenvalue weighted by Crippen LogP contribution is 2.20. The number of thiophene rings is 1. The van der Waals surface area contributed by atoms with E-state index in [0.717, 1.165) is 4.90 Å². The van der Waals surface area contributed by atoms with E-state index in [-0.39, 0.29) is 12.5 Å². The molecule has 0 radical (unpaired) electrons. The van der Waals surface area contributed by atoms with Crippen molar-refractivity contribution >= 4 is 17.2 Å². The van der Waals surface area contributed by atoms with Crippen molar-refractivity contribution in [2.45, 2.75) is 12.6 Å². The summed E-state index contributed by atoms with van der Waals surface area (Å²) in [6, 6.07) is 3.28. The third kappa shape index (κ3) is 3.91. The van der Waals surface area contributed by atoms with E-state index in [0.29, 0.717) is 4.88 Å². The van der Waals surface area contributed by atoms with Gasteiger partial charge in [-0.2, -0.15) is 13.2 Å². The van der Waals surface area contributed by atoms with Gasteiger partial charge in [0.2, 0.25) is 0 Å². The van der Waals surface area contributed by atoms with Crippen molar-refractivity contribution < 1.29 is 18.0 Å². The van der Waals surface area contributed by atoms with Crippen molar-refractivity contribution in [3.63, 3.8) is 0 Å². The molecule has 1 aromatic heterocycles. The number of amides is 1. The quantitative estimate of drug-likeness (QED) is 0.791. The number of hydrogen-bond acceptors (Lipinski definition) is 2. The fourth-order valence-electron chi connectivity index (χ4n) is 0.984. The van der Waals surface area contributed by atoms with Crippen molar-refractivity contribution in [3.8, 4) is 0 Å². The van der Waals surface area contributed by atoms with Crippen LogP contribution in [0.4, 0.5) is 13.2 Å². The van der Waals surface area contributed by atoms with Crippen LogP contribution in [0.25, 0.3) is 0 Å². The zero-order valence-corrected chi connectivity index (χ0v) is 8.86. The SMILES string of the molecule is CN(CCC(F)(F)F)C(=O)c1cccs1. The Balaban J connectivity index is 2.48. The zero-order chi connectivity index (χ0) is 11.5. The van der Waals surface area contributed by atoms with Gasteiger partial charge in [-0.3, -0.25) is 4.79 Å². The summed E-state index contributed by atoms with van der Waals surface area (Å²) in [7, 11) is 1.37. The Morgan fingerprint density at radius 3 is 2.67 bits per heavy atom. The van der Waals surface area contributed by atoms with E-state index in [1.165, 1.54) is 18.4 Å². The first-order valence-corrected chi connectivity index (χ1v) is 5.14. The molecule has 0 fully saturated rings. The molecule has 0 unspecified atom stereocenters. The predicted molar refractivity (Wildman–Crippen MR) is 52.0 cm³/mol. The molecule has 0 aliphatic carbocycles. The van der Waals surface area contributed by atoms with Gasteiger partial charge in [-0.1, -0.05) is 6.07 Å². The Kier molecular flexibility index (Phi) is 3.73. The molecule has 6 heteroatoms. The topological polar surface area (TPSA) is 20.3 Å². The maximum Gasteiger partial charge on any atom is 0.390 e. The van der Waals surface area contributed by atoms with Crippen LogP contribution < -0.4 is 0 Å². The lowest BCUT2D eigenvalue weighted by atomic mass is 10.3. The second-order valence-electron chi connectivity index (χ2n) is 3.07. The van der Waals surface area contributed by atoms with Crippen molar-refractivity contribution in [1.82, 2.24) is 4.90 Å². The molecule has 15 heavy (non-hydrogen) atoms. The predicted octanol–water partition coefficient (Wildman–Crippen LogP) is 2.77. The molecular formula is C9H10F3NOS. The minimum absolute atomic E-state index is 0.305. The number of hydrogen-bond donors (Lipinski definition) is 0. The number of nitrogens with zero attached hydrogens (tertiary/aromatic N) is 1. The van der Waals surface area contributed by atoms with Gasteiger partial charge >= 0.3 is 6.18 Å². The van der Waals surface area contributed by atoms with Gasteiger partial charge in [-0.05, 0) is 11.4 Å². The summed E-state index contributed by atoms with van der Waals surface area (Å²) in [5.74, 6) is -0.366. The van der Waals surface area contributed by atoms with Crippen molar-refractivity contribution in [2.24, 2.45) is 0 Å². The van der Waals surface area contributed by atoms with Gasteiger partial charge in [0.1, 0.15) is 0 Å². The summed E-state index contributed by atoms with van der Waals surface area (Å²) in [6.45, 7) is -0.305. The van der Waals surface area contributed by atoms with E-state index >= 15 is 0 Å². The van der Waals surface area contributed by atoms with Crippen LogP contribution in [-0.2, 0) is 0 Å². The van der Waals surface area contributed by atoms with Gasteiger partial charge in [-0.15, -0.1) is 11.3 Å². The van der Waals surface area contributed by atoms with Gasteiger partial charge in [0.05, 0.1) is 11.3 Å². The molecule has 0 saturated heterocycles. The molecule has 0 saturated carbocycles. The van der Waals surface area contributed by atoms with Gasteiger partial charge < -0.3 is 4.90 Å². The molecule has 1 heterocycles. The maximum absolute atomic E-state index is 11.9. The second kappa shape index (κ2) is 4.65. The van der Waals surface area contributed by atoms with Crippen LogP contribution in [0.2, 0.25) is 0 Å². The number of rotatable bonds is 3. The summed E-state index contributed by atoms with van der Waals surface area (Å²) in [6.07, 6.45) is -5.19. The number of carbonyl (C=O) groups excluding carboxylic acids is 1. The zero-order valence-electron chi connectivity index (χ0n) is 8.04. The number of alkyl halides is 3. The third-order valence-electron chi connectivity index (χ3n) is 1.81. The summed E-state index contributed by atoms with van der Waals surface area (Å²) in [4.78, 5) is 13.0. The monoisotopic (exact) mass is 237 g/mol. The highest BCUT2D eigenvalue weighted by molar-refractivity contribution is 7.12. The van der Waals surface area contributed by atoms with E-state index in [4.69, 9.17) is 0 Å². The van der Waals surface area contributed by atoms with E-state index in [9.17, 15) is 18.0 Å². The molecular weight excluding hydrogens is 227 g/mol. The van der Waals surface area contributed by atoms with Crippen LogP contribution in [0.5, 0.6) is 0 Å². The second-order valence-corrected chi connectivity index (χ2v) is 4.02. The fourth-order valence-corrected chi connectivity index (χ4v) is 1.70. The van der Waals surface area contributed by atoms with Gasteiger partial charge in [0.25, 0.3) is 5.91 Å². The molecule has 0 N–H and O–H groups in total. The molecule has 0 atom stereocenters. The standard InChI is InChI=1S/C9H10F3NOS/c1-13(5-4-9(10,11)12)8(14)7-3-2-6-15-7/h2-3,6H,4-5H2,1H3. The van der Waals surface area contributed by atoms with Crippen LogP contribution in [0.3, 0.4) is 0 Å². The smallest absolute Gasteiger partial charge is 0.341 e. The average Bonchev–Trinajstić information content (AvgIpc) is 2.64. The third-order valence-corrected chi connectivity index (χ3v) is 2.67. The summed E-state index contributed by atoms with van der Waals surface area (Å²) >= 11 is 1.22. The van der Waals surface area contributed by atoms with E-state index in [1.54, 1.807) is 17.5 Å². The first-order chi connectivity index (χ1) is 6.90. The average molecular weight is 237 g/mol. The highest BCUT2D eigenvalue weighted by atomic mass is 32.1. The minimum Gasteiger partial charge on any atom is -0.341 e. The van der Waals surface area contributed by atoms with E-state index in [2.05, 4.69) is 0 Å². The molecule has 0 aliphatic rings. The first kappa shape index (κ1) is 12.0. The fraction of sp³-hybridized carbons (Fsp3) is 0.444. The molecule has 1 amide bonds. The Bertz CT molecular complexity index is 321. The molecule has 1 aromatic rings. The van der Waals surface area contributed by atoms with Crippen molar-refractivity contribution in [2.75, 3.05) is 13.6 Å². The normalized spacial score (nSPS) is 11.5. The van der Waals surface area contributed by atoms with E-state index in [1.807, 2.05) is 0 Å². The molecule has 0 spiro atoms. The lowest BCUT2D eigenvalue weighted by Crippen LogP contribution is -2.29. The van der Waals surface area contributed by atoms with Crippen LogP contribution in [-0.4, -0.2) is 30.6 Å². The Hall–Kier alpha value is -1.04. The van der Waals surface area contributed by atoms with Crippen LogP contribution in [0, 0.1) is 0 Å². The first-order valence-electron chi connectivity index (χ1n) is 4.26. The Morgan fingerprint density at radius 1 is 1.53 bits per heavy atom. The molecule has 1 rings (SSSR count). The van der Waals surface area contributed by atoms with Gasteiger partial charge in [-0.25, -0.2) is 0 Å². The summed E-state index contributed by atoms with van der Waals surface area (Å²) in [5.41, 5.74) is 0. The summed E-state index contributed by atoms with van der Waals surface area (Å²) < 4.78 is 35.7. The largest absolute Gasteiger partial charge is 0.390 e. The van der Waals surface area contributed by atoms with Gasteiger partial charge in [0.15, 0.2) is 0 Å². The molecule has 2 nitrogen and oxygen atoms in total. The Morgan fingerprint density at radius 2 is 2.20 bits per heavy atom. The minimum atomic E-state index is -4.22. The van der Waals surface area contributed by atoms with Crippen LogP contribution >= 0.6 is 11.3 Å². The lowest BCUT2D eigenvalue weighted by Gasteiger charge is -2.17.